The molecule has 1 saturated carbocycles. The topological polar surface area (TPSA) is 26.0 Å². The second-order valence-corrected chi connectivity index (χ2v) is 3.28. The molecule has 0 saturated heterocycles. The molecule has 0 unspecified atom stereocenters. The van der Waals surface area contributed by atoms with Gasteiger partial charge in [0.25, 0.3) is 0 Å². The molecule has 1 nitrogen and oxygen atoms in total. The SMILES string of the molecule is CC/C=C/CCC1(N)CC1. The quantitative estimate of drug-likeness (QED) is 0.594. The van der Waals surface area contributed by atoms with E-state index in [2.05, 4.69) is 19.1 Å². The Labute approximate surface area is 63.3 Å². The van der Waals surface area contributed by atoms with Crippen LogP contribution in [0, 0.1) is 0 Å². The van der Waals surface area contributed by atoms with Gasteiger partial charge >= 0.3 is 0 Å². The zero-order chi connectivity index (χ0) is 7.45. The summed E-state index contributed by atoms with van der Waals surface area (Å²) in [6.07, 6.45) is 10.4. The first-order chi connectivity index (χ1) is 4.77. The van der Waals surface area contributed by atoms with E-state index in [4.69, 9.17) is 5.73 Å². The van der Waals surface area contributed by atoms with E-state index in [1.54, 1.807) is 0 Å². The monoisotopic (exact) mass is 139 g/mol. The molecule has 1 aliphatic rings. The first-order valence-corrected chi connectivity index (χ1v) is 4.21. The number of nitrogens with two attached hydrogens (primary N) is 1. The Morgan fingerprint density at radius 1 is 1.40 bits per heavy atom. The zero-order valence-electron chi connectivity index (χ0n) is 6.77. The molecule has 1 heteroatoms. The van der Waals surface area contributed by atoms with Crippen LogP contribution in [0.1, 0.15) is 39.0 Å². The molecule has 0 aromatic rings. The Hall–Kier alpha value is -0.300. The van der Waals surface area contributed by atoms with Crippen molar-refractivity contribution in [1.82, 2.24) is 0 Å². The molecule has 0 aliphatic heterocycles. The van der Waals surface area contributed by atoms with Crippen molar-refractivity contribution in [2.24, 2.45) is 5.73 Å². The van der Waals surface area contributed by atoms with E-state index < -0.39 is 0 Å². The van der Waals surface area contributed by atoms with Crippen LogP contribution < -0.4 is 5.73 Å². The van der Waals surface area contributed by atoms with Gasteiger partial charge in [-0.2, -0.15) is 0 Å². The van der Waals surface area contributed by atoms with Gasteiger partial charge in [-0.25, -0.2) is 0 Å². The summed E-state index contributed by atoms with van der Waals surface area (Å²) in [5.74, 6) is 0. The Kier molecular flexibility index (Phi) is 2.50. The molecule has 0 aromatic carbocycles. The van der Waals surface area contributed by atoms with Gasteiger partial charge in [-0.05, 0) is 32.1 Å². The maximum Gasteiger partial charge on any atom is 0.0158 e. The Balaban J connectivity index is 2.00. The first kappa shape index (κ1) is 7.80. The largest absolute Gasteiger partial charge is 0.325 e. The van der Waals surface area contributed by atoms with Crippen molar-refractivity contribution in [2.75, 3.05) is 0 Å². The lowest BCUT2D eigenvalue weighted by molar-refractivity contribution is 0.617. The molecule has 0 aromatic heterocycles. The minimum absolute atomic E-state index is 0.248. The lowest BCUT2D eigenvalue weighted by atomic mass is 10.1. The Morgan fingerprint density at radius 3 is 2.60 bits per heavy atom. The number of hydrogen-bond donors (Lipinski definition) is 1. The van der Waals surface area contributed by atoms with Crippen LogP contribution in [0.5, 0.6) is 0 Å². The highest BCUT2D eigenvalue weighted by Gasteiger charge is 2.36. The maximum absolute atomic E-state index is 5.89. The fraction of sp³-hybridized carbons (Fsp3) is 0.778. The summed E-state index contributed by atoms with van der Waals surface area (Å²) in [7, 11) is 0. The summed E-state index contributed by atoms with van der Waals surface area (Å²) in [4.78, 5) is 0. The molecule has 0 atom stereocenters. The third-order valence-corrected chi connectivity index (χ3v) is 2.10. The molecule has 58 valence electrons. The lowest BCUT2D eigenvalue weighted by Crippen LogP contribution is -2.20. The van der Waals surface area contributed by atoms with Crippen molar-refractivity contribution in [3.8, 4) is 0 Å². The molecule has 0 radical (unpaired) electrons. The molecule has 0 heterocycles. The van der Waals surface area contributed by atoms with Crippen LogP contribution in [0.3, 0.4) is 0 Å². The predicted octanol–water partition coefficient (Wildman–Crippen LogP) is 2.22. The summed E-state index contributed by atoms with van der Waals surface area (Å²) in [6.45, 7) is 2.16. The minimum Gasteiger partial charge on any atom is -0.325 e. The maximum atomic E-state index is 5.89. The highest BCUT2D eigenvalue weighted by atomic mass is 14.8. The van der Waals surface area contributed by atoms with Gasteiger partial charge in [-0.15, -0.1) is 0 Å². The standard InChI is InChI=1S/C9H17N/c1-2-3-4-5-6-9(10)7-8-9/h3-4H,2,5-8,10H2,1H3/b4-3+. The van der Waals surface area contributed by atoms with Crippen LogP contribution in [0.2, 0.25) is 0 Å². The zero-order valence-corrected chi connectivity index (χ0v) is 6.77. The van der Waals surface area contributed by atoms with Crippen LogP contribution in [0.15, 0.2) is 12.2 Å². The Morgan fingerprint density at radius 2 is 2.10 bits per heavy atom. The van der Waals surface area contributed by atoms with Crippen molar-refractivity contribution in [2.45, 2.75) is 44.6 Å². The van der Waals surface area contributed by atoms with Gasteiger partial charge in [-0.3, -0.25) is 0 Å². The lowest BCUT2D eigenvalue weighted by Gasteiger charge is -2.03. The summed E-state index contributed by atoms with van der Waals surface area (Å²) in [5, 5.41) is 0. The molecule has 2 N–H and O–H groups in total. The van der Waals surface area contributed by atoms with Crippen molar-refractivity contribution < 1.29 is 0 Å². The van der Waals surface area contributed by atoms with E-state index in [9.17, 15) is 0 Å². The van der Waals surface area contributed by atoms with E-state index in [1.807, 2.05) is 0 Å². The van der Waals surface area contributed by atoms with Crippen LogP contribution in [-0.2, 0) is 0 Å². The molecule has 1 rings (SSSR count). The van der Waals surface area contributed by atoms with E-state index in [-0.39, 0.29) is 5.54 Å². The third kappa shape index (κ3) is 2.53. The average molecular weight is 139 g/mol. The van der Waals surface area contributed by atoms with Crippen molar-refractivity contribution >= 4 is 0 Å². The van der Waals surface area contributed by atoms with Crippen molar-refractivity contribution in [3.05, 3.63) is 12.2 Å². The van der Waals surface area contributed by atoms with Gasteiger partial charge in [0.2, 0.25) is 0 Å². The van der Waals surface area contributed by atoms with E-state index in [0.29, 0.717) is 0 Å². The Bertz CT molecular complexity index is 123. The summed E-state index contributed by atoms with van der Waals surface area (Å²) >= 11 is 0. The first-order valence-electron chi connectivity index (χ1n) is 4.21. The van der Waals surface area contributed by atoms with E-state index >= 15 is 0 Å². The molecule has 0 amide bonds. The molecular formula is C9H17N. The van der Waals surface area contributed by atoms with Gasteiger partial charge in [0, 0.05) is 5.54 Å². The van der Waals surface area contributed by atoms with Gasteiger partial charge in [0.15, 0.2) is 0 Å². The van der Waals surface area contributed by atoms with Crippen LogP contribution in [0.4, 0.5) is 0 Å². The van der Waals surface area contributed by atoms with E-state index in [1.165, 1.54) is 25.7 Å². The average Bonchev–Trinajstić information content (AvgIpc) is 2.62. The highest BCUT2D eigenvalue weighted by Crippen LogP contribution is 2.36. The number of rotatable bonds is 4. The second-order valence-electron chi connectivity index (χ2n) is 3.28. The number of allylic oxidation sites excluding steroid dienone is 2. The number of hydrogen-bond acceptors (Lipinski definition) is 1. The second kappa shape index (κ2) is 3.20. The molecule has 1 fully saturated rings. The normalized spacial score (nSPS) is 21.8. The molecule has 0 spiro atoms. The fourth-order valence-corrected chi connectivity index (χ4v) is 1.07. The van der Waals surface area contributed by atoms with Gasteiger partial charge < -0.3 is 5.73 Å². The molecular weight excluding hydrogens is 122 g/mol. The van der Waals surface area contributed by atoms with Crippen molar-refractivity contribution in [1.29, 1.82) is 0 Å². The van der Waals surface area contributed by atoms with Crippen LogP contribution >= 0.6 is 0 Å². The van der Waals surface area contributed by atoms with Gasteiger partial charge in [-0.1, -0.05) is 19.1 Å². The summed E-state index contributed by atoms with van der Waals surface area (Å²) < 4.78 is 0. The van der Waals surface area contributed by atoms with Crippen LogP contribution in [0.25, 0.3) is 0 Å². The molecule has 1 aliphatic carbocycles. The smallest absolute Gasteiger partial charge is 0.0158 e. The van der Waals surface area contributed by atoms with Crippen molar-refractivity contribution in [3.63, 3.8) is 0 Å². The molecule has 10 heavy (non-hydrogen) atoms. The van der Waals surface area contributed by atoms with E-state index in [0.717, 1.165) is 6.42 Å². The van der Waals surface area contributed by atoms with Gasteiger partial charge in [0.05, 0.1) is 0 Å². The predicted molar refractivity (Wildman–Crippen MR) is 44.8 cm³/mol. The fourth-order valence-electron chi connectivity index (χ4n) is 1.07. The third-order valence-electron chi connectivity index (χ3n) is 2.10. The van der Waals surface area contributed by atoms with Crippen LogP contribution in [-0.4, -0.2) is 5.54 Å². The van der Waals surface area contributed by atoms with Gasteiger partial charge in [0.1, 0.15) is 0 Å². The summed E-state index contributed by atoms with van der Waals surface area (Å²) in [6, 6.07) is 0. The summed E-state index contributed by atoms with van der Waals surface area (Å²) in [5.41, 5.74) is 6.14. The molecule has 0 bridgehead atoms. The highest BCUT2D eigenvalue weighted by molar-refractivity contribution is 5.00. The minimum atomic E-state index is 0.248.